The fourth-order valence-corrected chi connectivity index (χ4v) is 1.01. The molecule has 0 aliphatic carbocycles. The van der Waals surface area contributed by atoms with Crippen LogP contribution in [0.25, 0.3) is 0 Å². The van der Waals surface area contributed by atoms with Crippen LogP contribution in [-0.2, 0) is 37.5 Å². The van der Waals surface area contributed by atoms with Gasteiger partial charge in [-0.3, -0.25) is 0 Å². The Bertz CT molecular complexity index is 113. The van der Waals surface area contributed by atoms with Gasteiger partial charge in [-0.25, -0.2) is 0 Å². The molecule has 4 heteroatoms. The number of nitrogens with one attached hydrogen (secondary N) is 2. The van der Waals surface area contributed by atoms with Crippen molar-refractivity contribution in [2.24, 2.45) is 0 Å². The van der Waals surface area contributed by atoms with Gasteiger partial charge in [0, 0.05) is 45.3 Å². The predicted octanol–water partition coefficient (Wildman–Crippen LogP) is -0.254. The molecule has 1 rings (SSSR count). The molecule has 1 atom stereocenters. The van der Waals surface area contributed by atoms with E-state index >= 15 is 0 Å². The van der Waals surface area contributed by atoms with E-state index in [-0.39, 0.29) is 46.0 Å². The molecule has 0 bridgehead atoms. The normalized spacial score (nSPS) is 21.3. The van der Waals surface area contributed by atoms with Gasteiger partial charge in [0.2, 0.25) is 0 Å². The Labute approximate surface area is 93.6 Å². The molecule has 0 spiro atoms. The third-order valence-corrected chi connectivity index (χ3v) is 1.43. The van der Waals surface area contributed by atoms with E-state index in [1.54, 1.807) is 0 Å². The fraction of sp³-hybridized carbons (Fsp3) is 0.571. The number of hydrogen-bond donors (Lipinski definition) is 2. The van der Waals surface area contributed by atoms with E-state index < -0.39 is 0 Å². The van der Waals surface area contributed by atoms with Gasteiger partial charge in [0.15, 0.2) is 0 Å². The van der Waals surface area contributed by atoms with E-state index in [0.29, 0.717) is 6.04 Å². The average Bonchev–Trinajstić information content (AvgIpc) is 2.15. The Morgan fingerprint density at radius 2 is 2.27 bits per heavy atom. The van der Waals surface area contributed by atoms with Gasteiger partial charge in [0.1, 0.15) is 0 Å². The van der Waals surface area contributed by atoms with Gasteiger partial charge in [-0.15, -0.1) is 0 Å². The summed E-state index contributed by atoms with van der Waals surface area (Å²) in [7, 11) is 0. The molecule has 0 aromatic heterocycles. The fourth-order valence-electron chi connectivity index (χ4n) is 1.01. The van der Waals surface area contributed by atoms with Crippen LogP contribution >= 0.6 is 0 Å². The van der Waals surface area contributed by atoms with Gasteiger partial charge >= 0.3 is 0 Å². The molecule has 1 aliphatic heterocycles. The zero-order chi connectivity index (χ0) is 6.69. The molecule has 0 aromatic carbocycles. The monoisotopic (exact) mass is 231 g/mol. The molecule has 1 amide bonds. The summed E-state index contributed by atoms with van der Waals surface area (Å²) in [6.45, 7) is 5.12. The van der Waals surface area contributed by atoms with Crippen molar-refractivity contribution in [2.75, 3.05) is 13.1 Å². The molecule has 1 aliphatic rings. The Kier molecular flexibility index (Phi) is 8.98. The van der Waals surface area contributed by atoms with Crippen LogP contribution in [0.15, 0.2) is 0 Å². The minimum absolute atomic E-state index is 0. The van der Waals surface area contributed by atoms with Gasteiger partial charge in [-0.1, -0.05) is 0 Å². The zero-order valence-electron chi connectivity index (χ0n) is 6.89. The summed E-state index contributed by atoms with van der Waals surface area (Å²) in [5, 5.41) is 5.86. The van der Waals surface area contributed by atoms with Crippen LogP contribution in [0.3, 0.4) is 0 Å². The van der Waals surface area contributed by atoms with E-state index in [1.165, 1.54) is 0 Å². The van der Waals surface area contributed by atoms with Gasteiger partial charge in [0.25, 0.3) is 0 Å². The van der Waals surface area contributed by atoms with Crippen LogP contribution in [-0.4, -0.2) is 25.0 Å². The van der Waals surface area contributed by atoms with Gasteiger partial charge in [-0.05, 0) is 13.0 Å². The van der Waals surface area contributed by atoms with Crippen molar-refractivity contribution < 1.29 is 37.5 Å². The van der Waals surface area contributed by atoms with E-state index in [4.69, 9.17) is 0 Å². The van der Waals surface area contributed by atoms with E-state index in [2.05, 4.69) is 17.6 Å². The molecule has 0 aromatic rings. The van der Waals surface area contributed by atoms with Crippen LogP contribution in [0.4, 0.5) is 0 Å². The summed E-state index contributed by atoms with van der Waals surface area (Å²) in [6, 6.07) is 0.315. The zero-order valence-corrected chi connectivity index (χ0v) is 9.73. The number of hydrogen-bond acceptors (Lipinski definition) is 2. The third-order valence-electron chi connectivity index (χ3n) is 1.43. The average molecular weight is 231 g/mol. The Hall–Kier alpha value is 0.404. The molecule has 1 fully saturated rings. The first kappa shape index (κ1) is 14.0. The number of amides is 1. The van der Waals surface area contributed by atoms with E-state index in [0.717, 1.165) is 19.5 Å². The first-order valence-corrected chi connectivity index (χ1v) is 3.12. The quantitative estimate of drug-likeness (QED) is 0.611. The maximum Gasteiger partial charge on any atom is 0.0799 e. The van der Waals surface area contributed by atoms with Crippen LogP contribution < -0.4 is 10.6 Å². The van der Waals surface area contributed by atoms with Crippen molar-refractivity contribution in [3.63, 3.8) is 0 Å². The van der Waals surface area contributed by atoms with Crippen molar-refractivity contribution in [1.82, 2.24) is 10.6 Å². The Morgan fingerprint density at radius 1 is 1.64 bits per heavy atom. The Balaban J connectivity index is 0. The second-order valence-corrected chi connectivity index (χ2v) is 2.26. The summed E-state index contributed by atoms with van der Waals surface area (Å²) in [5.41, 5.74) is 0. The minimum Gasteiger partial charge on any atom is -0.377 e. The van der Waals surface area contributed by atoms with E-state index in [9.17, 15) is 4.79 Å². The van der Waals surface area contributed by atoms with Crippen LogP contribution in [0.5, 0.6) is 0 Å². The third kappa shape index (κ3) is 5.65. The van der Waals surface area contributed by atoms with Gasteiger partial charge in [0.05, 0.1) is 5.91 Å². The number of rotatable bonds is 1. The minimum atomic E-state index is -0.177. The molecule has 3 nitrogen and oxygen atoms in total. The van der Waals surface area contributed by atoms with Crippen LogP contribution in [0, 0.1) is 14.4 Å². The second kappa shape index (κ2) is 7.07. The molecule has 63 valence electrons. The molecule has 1 heterocycles. The topological polar surface area (TPSA) is 41.1 Å². The van der Waals surface area contributed by atoms with Crippen molar-refractivity contribution in [3.05, 3.63) is 14.4 Å². The van der Waals surface area contributed by atoms with Gasteiger partial charge in [-0.2, -0.15) is 0 Å². The molecular formula is C7H14N2OY-2. The van der Waals surface area contributed by atoms with Crippen LogP contribution in [0.1, 0.15) is 6.42 Å². The van der Waals surface area contributed by atoms with E-state index in [1.807, 2.05) is 0 Å². The summed E-state index contributed by atoms with van der Waals surface area (Å²) in [4.78, 5) is 10.3. The summed E-state index contributed by atoms with van der Waals surface area (Å²) in [6.07, 6.45) is 1.03. The number of carbonyl (C=O) groups excluding carboxylic acids is 1. The smallest absolute Gasteiger partial charge is 0.0799 e. The maximum absolute atomic E-state index is 10.3. The van der Waals surface area contributed by atoms with Crippen molar-refractivity contribution in [3.8, 4) is 0 Å². The second-order valence-electron chi connectivity index (χ2n) is 2.26. The van der Waals surface area contributed by atoms with Crippen molar-refractivity contribution in [1.29, 1.82) is 0 Å². The predicted molar refractivity (Wildman–Crippen MR) is 41.2 cm³/mol. The standard InChI is InChI=1S/C6H11N2O.CH3.Y/c1-5(9)8-6-2-3-7-4-6;;/h6-7H,1-4H2,(H,8,9);1H3;/q2*-1;. The van der Waals surface area contributed by atoms with Gasteiger partial charge < -0.3 is 29.8 Å². The molecule has 2 N–H and O–H groups in total. The molecule has 1 unspecified atom stereocenters. The SMILES string of the molecule is [CH2-]C(=O)NC1CCNC1.[CH3-].[Y]. The van der Waals surface area contributed by atoms with Crippen LogP contribution in [0.2, 0.25) is 0 Å². The molecule has 1 radical (unpaired) electrons. The molecule has 11 heavy (non-hydrogen) atoms. The molecular weight excluding hydrogens is 217 g/mol. The summed E-state index contributed by atoms with van der Waals surface area (Å²) in [5.74, 6) is -0.177. The summed E-state index contributed by atoms with van der Waals surface area (Å²) >= 11 is 0. The number of carbonyl (C=O) groups is 1. The first-order chi connectivity index (χ1) is 4.29. The first-order valence-electron chi connectivity index (χ1n) is 3.12. The molecule has 1 saturated heterocycles. The molecule has 0 saturated carbocycles. The summed E-state index contributed by atoms with van der Waals surface area (Å²) < 4.78 is 0. The van der Waals surface area contributed by atoms with Crippen molar-refractivity contribution in [2.45, 2.75) is 12.5 Å². The van der Waals surface area contributed by atoms with Crippen molar-refractivity contribution >= 4 is 5.91 Å². The Morgan fingerprint density at radius 3 is 2.64 bits per heavy atom. The largest absolute Gasteiger partial charge is 0.377 e. The maximum atomic E-state index is 10.3.